The van der Waals surface area contributed by atoms with E-state index >= 15 is 0 Å². The van der Waals surface area contributed by atoms with Crippen molar-refractivity contribution in [2.45, 2.75) is 27.0 Å². The molecule has 2 rings (SSSR count). The first-order valence-electron chi connectivity index (χ1n) is 6.91. The minimum atomic E-state index is 0.563. The van der Waals surface area contributed by atoms with Gasteiger partial charge >= 0.3 is 0 Å². The van der Waals surface area contributed by atoms with Gasteiger partial charge in [-0.3, -0.25) is 0 Å². The number of halogens is 2. The summed E-state index contributed by atoms with van der Waals surface area (Å²) in [5, 5.41) is 4.16. The van der Waals surface area contributed by atoms with Crippen molar-refractivity contribution in [2.24, 2.45) is 5.92 Å². The molecule has 0 radical (unpaired) electrons. The van der Waals surface area contributed by atoms with Crippen LogP contribution in [-0.4, -0.2) is 6.54 Å². The fraction of sp³-hybridized carbons (Fsp3) is 0.375. The quantitative estimate of drug-likeness (QED) is 0.677. The summed E-state index contributed by atoms with van der Waals surface area (Å²) in [6.07, 6.45) is 0. The zero-order chi connectivity index (χ0) is 15.2. The van der Waals surface area contributed by atoms with Crippen LogP contribution in [-0.2, 0) is 13.2 Å². The molecule has 5 heteroatoms. The SMILES string of the molecule is CC(C)CNCc1c(Cl)cccc1OCc1ccc(Br)s1. The van der Waals surface area contributed by atoms with Gasteiger partial charge in [-0.15, -0.1) is 11.3 Å². The second kappa shape index (κ2) is 8.18. The lowest BCUT2D eigenvalue weighted by Gasteiger charge is -2.14. The van der Waals surface area contributed by atoms with Crippen molar-refractivity contribution >= 4 is 38.9 Å². The molecule has 21 heavy (non-hydrogen) atoms. The van der Waals surface area contributed by atoms with Gasteiger partial charge in [-0.1, -0.05) is 31.5 Å². The van der Waals surface area contributed by atoms with Crippen molar-refractivity contribution in [3.8, 4) is 5.75 Å². The lowest BCUT2D eigenvalue weighted by atomic mass is 10.1. The Bertz CT molecular complexity index is 585. The number of hydrogen-bond acceptors (Lipinski definition) is 3. The lowest BCUT2D eigenvalue weighted by molar-refractivity contribution is 0.305. The maximum atomic E-state index is 6.31. The minimum Gasteiger partial charge on any atom is -0.488 e. The van der Waals surface area contributed by atoms with Crippen LogP contribution in [0, 0.1) is 5.92 Å². The van der Waals surface area contributed by atoms with Crippen LogP contribution < -0.4 is 10.1 Å². The van der Waals surface area contributed by atoms with Crippen LogP contribution in [0.1, 0.15) is 24.3 Å². The Morgan fingerprint density at radius 2 is 2.10 bits per heavy atom. The highest BCUT2D eigenvalue weighted by molar-refractivity contribution is 9.11. The fourth-order valence-electron chi connectivity index (χ4n) is 1.91. The summed E-state index contributed by atoms with van der Waals surface area (Å²) in [6, 6.07) is 9.90. The summed E-state index contributed by atoms with van der Waals surface area (Å²) in [4.78, 5) is 1.18. The van der Waals surface area contributed by atoms with Crippen LogP contribution in [0.25, 0.3) is 0 Å². The van der Waals surface area contributed by atoms with Gasteiger partial charge in [0.1, 0.15) is 12.4 Å². The van der Waals surface area contributed by atoms with Gasteiger partial charge in [0.15, 0.2) is 0 Å². The summed E-state index contributed by atoms with van der Waals surface area (Å²) in [6.45, 7) is 6.62. The summed E-state index contributed by atoms with van der Waals surface area (Å²) in [5.74, 6) is 1.46. The van der Waals surface area contributed by atoms with Gasteiger partial charge in [0.05, 0.1) is 3.79 Å². The number of nitrogens with one attached hydrogen (secondary N) is 1. The maximum absolute atomic E-state index is 6.31. The van der Waals surface area contributed by atoms with Crippen molar-refractivity contribution in [1.29, 1.82) is 0 Å². The predicted octanol–water partition coefficient (Wildman–Crippen LogP) is 5.49. The van der Waals surface area contributed by atoms with Crippen LogP contribution >= 0.6 is 38.9 Å². The van der Waals surface area contributed by atoms with Gasteiger partial charge in [0, 0.05) is 22.0 Å². The first-order chi connectivity index (χ1) is 10.1. The molecular formula is C16H19BrClNOS. The van der Waals surface area contributed by atoms with Crippen LogP contribution in [0.5, 0.6) is 5.75 Å². The van der Waals surface area contributed by atoms with Crippen molar-refractivity contribution in [3.05, 3.63) is 49.6 Å². The summed E-state index contributed by atoms with van der Waals surface area (Å²) >= 11 is 11.5. The van der Waals surface area contributed by atoms with Crippen LogP contribution in [0.4, 0.5) is 0 Å². The Morgan fingerprint density at radius 1 is 1.29 bits per heavy atom. The molecule has 0 saturated heterocycles. The Morgan fingerprint density at radius 3 is 2.76 bits per heavy atom. The molecule has 1 aromatic carbocycles. The standard InChI is InChI=1S/C16H19BrClNOS/c1-11(2)8-19-9-13-14(18)4-3-5-15(13)20-10-12-6-7-16(17)21-12/h3-7,11,19H,8-10H2,1-2H3. The van der Waals surface area contributed by atoms with Crippen LogP contribution in [0.3, 0.4) is 0 Å². The second-order valence-electron chi connectivity index (χ2n) is 5.24. The highest BCUT2D eigenvalue weighted by Gasteiger charge is 2.09. The third kappa shape index (κ3) is 5.29. The molecule has 2 nitrogen and oxygen atoms in total. The average Bonchev–Trinajstić information content (AvgIpc) is 2.84. The average molecular weight is 389 g/mol. The number of hydrogen-bond donors (Lipinski definition) is 1. The van der Waals surface area contributed by atoms with Gasteiger partial charge < -0.3 is 10.1 Å². The molecule has 0 aliphatic rings. The molecule has 0 unspecified atom stereocenters. The van der Waals surface area contributed by atoms with E-state index in [9.17, 15) is 0 Å². The maximum Gasteiger partial charge on any atom is 0.125 e. The zero-order valence-corrected chi connectivity index (χ0v) is 15.3. The first-order valence-corrected chi connectivity index (χ1v) is 8.90. The molecule has 0 atom stereocenters. The van der Waals surface area contributed by atoms with Crippen LogP contribution in [0.15, 0.2) is 34.1 Å². The van der Waals surface area contributed by atoms with Crippen molar-refractivity contribution in [2.75, 3.05) is 6.54 Å². The van der Waals surface area contributed by atoms with Crippen molar-refractivity contribution in [3.63, 3.8) is 0 Å². The van der Waals surface area contributed by atoms with Gasteiger partial charge in [-0.2, -0.15) is 0 Å². The predicted molar refractivity (Wildman–Crippen MR) is 94.3 cm³/mol. The Labute approximate surface area is 143 Å². The van der Waals surface area contributed by atoms with E-state index in [2.05, 4.69) is 41.2 Å². The molecule has 1 heterocycles. The molecular weight excluding hydrogens is 370 g/mol. The Kier molecular flexibility index (Phi) is 6.55. The number of benzene rings is 1. The number of ether oxygens (including phenoxy) is 1. The topological polar surface area (TPSA) is 21.3 Å². The molecule has 0 amide bonds. The van der Waals surface area contributed by atoms with E-state index in [-0.39, 0.29) is 0 Å². The van der Waals surface area contributed by atoms with E-state index in [1.165, 1.54) is 4.88 Å². The molecule has 0 saturated carbocycles. The number of thiophene rings is 1. The molecule has 1 N–H and O–H groups in total. The fourth-order valence-corrected chi connectivity index (χ4v) is 3.54. The normalized spacial score (nSPS) is 11.1. The Balaban J connectivity index is 2.02. The van der Waals surface area contributed by atoms with Gasteiger partial charge in [0.25, 0.3) is 0 Å². The van der Waals surface area contributed by atoms with E-state index < -0.39 is 0 Å². The monoisotopic (exact) mass is 387 g/mol. The molecule has 0 aliphatic carbocycles. The molecule has 0 bridgehead atoms. The highest BCUT2D eigenvalue weighted by atomic mass is 79.9. The van der Waals surface area contributed by atoms with Crippen molar-refractivity contribution in [1.82, 2.24) is 5.32 Å². The van der Waals surface area contributed by atoms with E-state index in [4.69, 9.17) is 16.3 Å². The largest absolute Gasteiger partial charge is 0.488 e. The van der Waals surface area contributed by atoms with E-state index in [0.717, 1.165) is 33.2 Å². The third-order valence-electron chi connectivity index (χ3n) is 2.93. The molecule has 114 valence electrons. The van der Waals surface area contributed by atoms with E-state index in [0.29, 0.717) is 12.5 Å². The molecule has 2 aromatic rings. The van der Waals surface area contributed by atoms with Crippen LogP contribution in [0.2, 0.25) is 5.02 Å². The summed E-state index contributed by atoms with van der Waals surface area (Å²) in [7, 11) is 0. The molecule has 1 aromatic heterocycles. The molecule has 0 spiro atoms. The zero-order valence-electron chi connectivity index (χ0n) is 12.2. The summed E-state index contributed by atoms with van der Waals surface area (Å²) in [5.41, 5.74) is 1.02. The first kappa shape index (κ1) is 16.8. The molecule has 0 aliphatic heterocycles. The third-order valence-corrected chi connectivity index (χ3v) is 4.88. The van der Waals surface area contributed by atoms with Gasteiger partial charge in [-0.25, -0.2) is 0 Å². The number of rotatable bonds is 7. The smallest absolute Gasteiger partial charge is 0.125 e. The second-order valence-corrected chi connectivity index (χ2v) is 8.19. The van der Waals surface area contributed by atoms with Gasteiger partial charge in [0.2, 0.25) is 0 Å². The van der Waals surface area contributed by atoms with Gasteiger partial charge in [-0.05, 0) is 52.7 Å². The minimum absolute atomic E-state index is 0.563. The highest BCUT2D eigenvalue weighted by Crippen LogP contribution is 2.28. The molecule has 0 fully saturated rings. The lowest BCUT2D eigenvalue weighted by Crippen LogP contribution is -2.19. The van der Waals surface area contributed by atoms with E-state index in [1.807, 2.05) is 24.3 Å². The Hall–Kier alpha value is -0.550. The van der Waals surface area contributed by atoms with Crippen molar-refractivity contribution < 1.29 is 4.74 Å². The summed E-state index contributed by atoms with van der Waals surface area (Å²) < 4.78 is 7.06. The van der Waals surface area contributed by atoms with E-state index in [1.54, 1.807) is 11.3 Å².